The van der Waals surface area contributed by atoms with Gasteiger partial charge in [0.1, 0.15) is 5.82 Å². The van der Waals surface area contributed by atoms with Crippen LogP contribution >= 0.6 is 0 Å². The molecule has 4 rings (SSSR count). The van der Waals surface area contributed by atoms with Crippen molar-refractivity contribution in [2.45, 2.75) is 25.8 Å². The number of piperidine rings is 1. The molecule has 2 aliphatic rings. The van der Waals surface area contributed by atoms with Gasteiger partial charge in [0.05, 0.1) is 17.5 Å². The molecule has 0 radical (unpaired) electrons. The molecule has 7 heteroatoms. The Morgan fingerprint density at radius 1 is 1.22 bits per heavy atom. The molecular formula is C20H24FN3O3. The van der Waals surface area contributed by atoms with Gasteiger partial charge in [0.2, 0.25) is 5.91 Å². The predicted molar refractivity (Wildman–Crippen MR) is 99.8 cm³/mol. The largest absolute Gasteiger partial charge is 0.395 e. The summed E-state index contributed by atoms with van der Waals surface area (Å²) in [7, 11) is 0. The lowest BCUT2D eigenvalue weighted by molar-refractivity contribution is -0.146. The Kier molecular flexibility index (Phi) is 4.74. The maximum absolute atomic E-state index is 14.1. The highest BCUT2D eigenvalue weighted by molar-refractivity contribution is 5.84. The van der Waals surface area contributed by atoms with Crippen LogP contribution in [0.4, 0.5) is 4.39 Å². The van der Waals surface area contributed by atoms with Crippen molar-refractivity contribution >= 4 is 16.8 Å². The van der Waals surface area contributed by atoms with Crippen LogP contribution in [0.25, 0.3) is 10.9 Å². The number of nitrogens with zero attached hydrogens (tertiary/aromatic N) is 2. The summed E-state index contributed by atoms with van der Waals surface area (Å²) in [5.41, 5.74) is 0.299. The summed E-state index contributed by atoms with van der Waals surface area (Å²) in [5, 5.41) is 9.53. The lowest BCUT2D eigenvalue weighted by Gasteiger charge is -2.39. The molecule has 0 bridgehead atoms. The molecule has 1 aromatic heterocycles. The standard InChI is InChI=1S/C20H24FN3O3/c21-16-4-1-3-15-17(26)11-14(22-18(15)16)12-23-8-6-20(13-23)5-2-7-24(9-10-25)19(20)27/h1,3-4,11,25H,2,5-10,12-13H2,(H,22,26)/t20-/m0/s1. The zero-order chi connectivity index (χ0) is 19.0. The zero-order valence-corrected chi connectivity index (χ0v) is 15.2. The van der Waals surface area contributed by atoms with Gasteiger partial charge in [-0.2, -0.15) is 0 Å². The Morgan fingerprint density at radius 3 is 2.89 bits per heavy atom. The first-order chi connectivity index (χ1) is 13.0. The number of rotatable bonds is 4. The van der Waals surface area contributed by atoms with Gasteiger partial charge in [0.25, 0.3) is 0 Å². The van der Waals surface area contributed by atoms with Gasteiger partial charge in [-0.05, 0) is 37.9 Å². The summed E-state index contributed by atoms with van der Waals surface area (Å²) in [6, 6.07) is 6.00. The van der Waals surface area contributed by atoms with E-state index in [2.05, 4.69) is 9.88 Å². The number of aromatic amines is 1. The number of hydrogen-bond donors (Lipinski definition) is 2. The molecule has 3 heterocycles. The summed E-state index contributed by atoms with van der Waals surface area (Å²) < 4.78 is 14.1. The number of aliphatic hydroxyl groups excluding tert-OH is 1. The number of carbonyl (C=O) groups is 1. The van der Waals surface area contributed by atoms with Gasteiger partial charge >= 0.3 is 0 Å². The van der Waals surface area contributed by atoms with E-state index >= 15 is 0 Å². The number of likely N-dealkylation sites (tertiary alicyclic amines) is 2. The van der Waals surface area contributed by atoms with Crippen LogP contribution in [0.2, 0.25) is 0 Å². The highest BCUT2D eigenvalue weighted by atomic mass is 19.1. The van der Waals surface area contributed by atoms with Crippen LogP contribution < -0.4 is 5.43 Å². The molecular weight excluding hydrogens is 349 g/mol. The monoisotopic (exact) mass is 373 g/mol. The number of nitrogens with one attached hydrogen (secondary N) is 1. The molecule has 2 fully saturated rings. The molecule has 2 aliphatic heterocycles. The van der Waals surface area contributed by atoms with Crippen LogP contribution in [0.1, 0.15) is 25.0 Å². The van der Waals surface area contributed by atoms with Crippen molar-refractivity contribution in [3.8, 4) is 0 Å². The number of hydrogen-bond acceptors (Lipinski definition) is 4. The fraction of sp³-hybridized carbons (Fsp3) is 0.500. The van der Waals surface area contributed by atoms with Crippen molar-refractivity contribution in [3.63, 3.8) is 0 Å². The van der Waals surface area contributed by atoms with E-state index in [1.807, 2.05) is 0 Å². The molecule has 6 nitrogen and oxygen atoms in total. The van der Waals surface area contributed by atoms with Crippen molar-refractivity contribution < 1.29 is 14.3 Å². The van der Waals surface area contributed by atoms with Gasteiger partial charge in [0, 0.05) is 43.3 Å². The summed E-state index contributed by atoms with van der Waals surface area (Å²) >= 11 is 0. The molecule has 0 unspecified atom stereocenters. The van der Waals surface area contributed by atoms with Crippen LogP contribution in [0, 0.1) is 11.2 Å². The zero-order valence-electron chi connectivity index (χ0n) is 15.2. The lowest BCUT2D eigenvalue weighted by Crippen LogP contribution is -2.50. The molecule has 144 valence electrons. The van der Waals surface area contributed by atoms with Crippen LogP contribution in [0.15, 0.2) is 29.1 Å². The normalized spacial score (nSPS) is 23.6. The Bertz CT molecular complexity index is 926. The number of β-amino-alcohol motifs (C(OH)–C–C–N with tert-alkyl or cyclic N) is 1. The second kappa shape index (κ2) is 7.05. The molecule has 2 aromatic rings. The third-order valence-corrected chi connectivity index (χ3v) is 5.89. The molecule has 2 saturated heterocycles. The number of benzene rings is 1. The molecule has 1 amide bonds. The number of carbonyl (C=O) groups excluding carboxylic acids is 1. The van der Waals surface area contributed by atoms with E-state index in [0.29, 0.717) is 37.3 Å². The van der Waals surface area contributed by atoms with E-state index in [4.69, 9.17) is 0 Å². The molecule has 2 N–H and O–H groups in total. The van der Waals surface area contributed by atoms with Gasteiger partial charge in [-0.3, -0.25) is 14.5 Å². The number of amides is 1. The molecule has 1 atom stereocenters. The topological polar surface area (TPSA) is 76.6 Å². The van der Waals surface area contributed by atoms with Crippen molar-refractivity contribution in [1.29, 1.82) is 0 Å². The Morgan fingerprint density at radius 2 is 2.07 bits per heavy atom. The third kappa shape index (κ3) is 3.26. The van der Waals surface area contributed by atoms with Crippen molar-refractivity contribution in [1.82, 2.24) is 14.8 Å². The first-order valence-electron chi connectivity index (χ1n) is 9.45. The minimum Gasteiger partial charge on any atom is -0.395 e. The van der Waals surface area contributed by atoms with E-state index < -0.39 is 11.2 Å². The van der Waals surface area contributed by atoms with Crippen LogP contribution in [-0.4, -0.2) is 58.6 Å². The average molecular weight is 373 g/mol. The first-order valence-corrected chi connectivity index (χ1v) is 9.45. The molecule has 0 saturated carbocycles. The van der Waals surface area contributed by atoms with E-state index in [1.165, 1.54) is 18.2 Å². The van der Waals surface area contributed by atoms with E-state index in [0.717, 1.165) is 25.8 Å². The fourth-order valence-corrected chi connectivity index (χ4v) is 4.57. The minimum atomic E-state index is -0.438. The van der Waals surface area contributed by atoms with Crippen molar-refractivity contribution in [2.75, 3.05) is 32.8 Å². The summed E-state index contributed by atoms with van der Waals surface area (Å²) in [4.78, 5) is 32.2. The highest BCUT2D eigenvalue weighted by Crippen LogP contribution is 2.40. The van der Waals surface area contributed by atoms with E-state index in [9.17, 15) is 19.1 Å². The number of para-hydroxylation sites is 1. The van der Waals surface area contributed by atoms with Gasteiger partial charge < -0.3 is 15.0 Å². The lowest BCUT2D eigenvalue weighted by atomic mass is 9.78. The van der Waals surface area contributed by atoms with Crippen molar-refractivity contribution in [2.24, 2.45) is 5.41 Å². The molecule has 27 heavy (non-hydrogen) atoms. The van der Waals surface area contributed by atoms with Gasteiger partial charge in [-0.15, -0.1) is 0 Å². The summed E-state index contributed by atoms with van der Waals surface area (Å²) in [6.07, 6.45) is 2.57. The maximum Gasteiger partial charge on any atom is 0.230 e. The number of fused-ring (bicyclic) bond motifs is 1. The molecule has 0 aliphatic carbocycles. The Labute approximate surface area is 156 Å². The number of aliphatic hydroxyl groups is 1. The summed E-state index contributed by atoms with van der Waals surface area (Å²) in [6.45, 7) is 2.95. The maximum atomic E-state index is 14.1. The third-order valence-electron chi connectivity index (χ3n) is 5.89. The Hall–Kier alpha value is -2.25. The highest BCUT2D eigenvalue weighted by Gasteiger charge is 2.48. The number of H-pyrrole nitrogens is 1. The van der Waals surface area contributed by atoms with Crippen LogP contribution in [-0.2, 0) is 11.3 Å². The second-order valence-electron chi connectivity index (χ2n) is 7.68. The number of pyridine rings is 1. The van der Waals surface area contributed by atoms with Crippen LogP contribution in [0.5, 0.6) is 0 Å². The fourth-order valence-electron chi connectivity index (χ4n) is 4.57. The van der Waals surface area contributed by atoms with Gasteiger partial charge in [-0.25, -0.2) is 4.39 Å². The first kappa shape index (κ1) is 18.1. The van der Waals surface area contributed by atoms with E-state index in [1.54, 1.807) is 11.0 Å². The predicted octanol–water partition coefficient (Wildman–Crippen LogP) is 1.47. The SMILES string of the molecule is O=C1N(CCO)CCC[C@@]12CCN(Cc1cc(=O)c3cccc(F)c3[nH]1)C2. The molecule has 1 aromatic carbocycles. The number of aromatic nitrogens is 1. The quantitative estimate of drug-likeness (QED) is 0.851. The second-order valence-corrected chi connectivity index (χ2v) is 7.68. The molecule has 1 spiro atoms. The van der Waals surface area contributed by atoms with Gasteiger partial charge in [-0.1, -0.05) is 6.07 Å². The summed E-state index contributed by atoms with van der Waals surface area (Å²) in [5.74, 6) is -0.310. The smallest absolute Gasteiger partial charge is 0.230 e. The minimum absolute atomic E-state index is 0.0184. The number of halogens is 1. The van der Waals surface area contributed by atoms with Crippen molar-refractivity contribution in [3.05, 3.63) is 46.0 Å². The van der Waals surface area contributed by atoms with Crippen LogP contribution in [0.3, 0.4) is 0 Å². The van der Waals surface area contributed by atoms with E-state index in [-0.39, 0.29) is 23.5 Å². The van der Waals surface area contributed by atoms with Gasteiger partial charge in [0.15, 0.2) is 5.43 Å². The average Bonchev–Trinajstić information content (AvgIpc) is 3.04. The Balaban J connectivity index is 1.53.